The number of nitrogens with one attached hydrogen (secondary N) is 1. The van der Waals surface area contributed by atoms with Crippen molar-refractivity contribution in [3.05, 3.63) is 59.2 Å². The molecular formula is C16H20FN3. The van der Waals surface area contributed by atoms with E-state index < -0.39 is 0 Å². The van der Waals surface area contributed by atoms with Crippen LogP contribution in [0.3, 0.4) is 0 Å². The second kappa shape index (κ2) is 6.48. The number of hydrogen-bond acceptors (Lipinski definition) is 3. The van der Waals surface area contributed by atoms with Crippen LogP contribution in [0.15, 0.2) is 36.7 Å². The van der Waals surface area contributed by atoms with Crippen molar-refractivity contribution >= 4 is 5.69 Å². The van der Waals surface area contributed by atoms with Crippen molar-refractivity contribution in [2.24, 2.45) is 0 Å². The Hall–Kier alpha value is -1.94. The molecule has 106 valence electrons. The molecule has 3 nitrogen and oxygen atoms in total. The molecule has 2 rings (SSSR count). The number of aromatic nitrogens is 1. The lowest BCUT2D eigenvalue weighted by Gasteiger charge is -2.20. The van der Waals surface area contributed by atoms with E-state index >= 15 is 0 Å². The minimum atomic E-state index is -0.152. The molecule has 3 N–H and O–H groups in total. The van der Waals surface area contributed by atoms with Crippen molar-refractivity contribution in [2.45, 2.75) is 26.3 Å². The number of nitrogens with two attached hydrogens (primary N) is 1. The zero-order chi connectivity index (χ0) is 14.5. The first-order valence-electron chi connectivity index (χ1n) is 6.80. The molecule has 0 saturated carbocycles. The molecule has 1 atom stereocenters. The van der Waals surface area contributed by atoms with Crippen LogP contribution in [0.2, 0.25) is 0 Å². The van der Waals surface area contributed by atoms with Gasteiger partial charge in [0.25, 0.3) is 0 Å². The first-order valence-corrected chi connectivity index (χ1v) is 6.80. The molecule has 0 fully saturated rings. The Bertz CT molecular complexity index is 584. The molecule has 0 radical (unpaired) electrons. The second-order valence-electron chi connectivity index (χ2n) is 4.87. The normalized spacial score (nSPS) is 12.3. The smallest absolute Gasteiger partial charge is 0.130 e. The van der Waals surface area contributed by atoms with Gasteiger partial charge in [-0.05, 0) is 37.1 Å². The third kappa shape index (κ3) is 3.14. The lowest BCUT2D eigenvalue weighted by atomic mass is 9.97. The van der Waals surface area contributed by atoms with Crippen molar-refractivity contribution < 1.29 is 4.39 Å². The summed E-state index contributed by atoms with van der Waals surface area (Å²) in [7, 11) is 0. The zero-order valence-corrected chi connectivity index (χ0v) is 11.9. The van der Waals surface area contributed by atoms with Crippen LogP contribution in [0.4, 0.5) is 10.1 Å². The van der Waals surface area contributed by atoms with Gasteiger partial charge < -0.3 is 11.1 Å². The Morgan fingerprint density at radius 2 is 2.15 bits per heavy atom. The van der Waals surface area contributed by atoms with E-state index in [9.17, 15) is 4.39 Å². The van der Waals surface area contributed by atoms with Crippen molar-refractivity contribution in [3.63, 3.8) is 0 Å². The van der Waals surface area contributed by atoms with Gasteiger partial charge in [0.1, 0.15) is 5.82 Å². The average molecular weight is 273 g/mol. The van der Waals surface area contributed by atoms with Gasteiger partial charge in [-0.15, -0.1) is 0 Å². The van der Waals surface area contributed by atoms with Crippen LogP contribution in [-0.2, 0) is 6.42 Å². The first kappa shape index (κ1) is 14.5. The third-order valence-electron chi connectivity index (χ3n) is 3.41. The predicted octanol–water partition coefficient (Wildman–Crippen LogP) is 3.00. The van der Waals surface area contributed by atoms with Gasteiger partial charge in [0, 0.05) is 29.7 Å². The number of nitrogen functional groups attached to an aromatic ring is 1. The van der Waals surface area contributed by atoms with E-state index in [2.05, 4.69) is 10.3 Å². The van der Waals surface area contributed by atoms with Crippen LogP contribution in [0.5, 0.6) is 0 Å². The van der Waals surface area contributed by atoms with Crippen molar-refractivity contribution in [3.8, 4) is 0 Å². The van der Waals surface area contributed by atoms with E-state index in [-0.39, 0.29) is 11.9 Å². The van der Waals surface area contributed by atoms with Gasteiger partial charge in [-0.25, -0.2) is 4.39 Å². The number of benzene rings is 1. The number of halogens is 1. The summed E-state index contributed by atoms with van der Waals surface area (Å²) in [6.07, 6.45) is 4.02. The molecule has 2 aromatic rings. The minimum Gasteiger partial charge on any atom is -0.398 e. The topological polar surface area (TPSA) is 50.9 Å². The number of pyridine rings is 1. The molecule has 0 spiro atoms. The summed E-state index contributed by atoms with van der Waals surface area (Å²) in [4.78, 5) is 4.09. The molecule has 0 saturated heterocycles. The van der Waals surface area contributed by atoms with Crippen LogP contribution in [0, 0.1) is 12.7 Å². The van der Waals surface area contributed by atoms with E-state index in [0.717, 1.165) is 12.1 Å². The maximum atomic E-state index is 14.3. The predicted molar refractivity (Wildman–Crippen MR) is 79.9 cm³/mol. The van der Waals surface area contributed by atoms with Gasteiger partial charge >= 0.3 is 0 Å². The van der Waals surface area contributed by atoms with Crippen LogP contribution in [0.1, 0.15) is 29.7 Å². The molecular weight excluding hydrogens is 253 g/mol. The van der Waals surface area contributed by atoms with E-state index in [1.165, 1.54) is 0 Å². The molecule has 20 heavy (non-hydrogen) atoms. The summed E-state index contributed by atoms with van der Waals surface area (Å²) in [6, 6.07) is 7.14. The lowest BCUT2D eigenvalue weighted by molar-refractivity contribution is 0.507. The van der Waals surface area contributed by atoms with Crippen LogP contribution < -0.4 is 11.1 Å². The molecule has 0 bridgehead atoms. The summed E-state index contributed by atoms with van der Waals surface area (Å²) in [5.41, 5.74) is 8.90. The fraction of sp³-hybridized carbons (Fsp3) is 0.312. The highest BCUT2D eigenvalue weighted by Crippen LogP contribution is 2.24. The fourth-order valence-electron chi connectivity index (χ4n) is 2.31. The maximum Gasteiger partial charge on any atom is 0.130 e. The van der Waals surface area contributed by atoms with E-state index in [1.807, 2.05) is 19.1 Å². The third-order valence-corrected chi connectivity index (χ3v) is 3.41. The highest BCUT2D eigenvalue weighted by atomic mass is 19.1. The van der Waals surface area contributed by atoms with Gasteiger partial charge in [-0.3, -0.25) is 4.98 Å². The number of hydrogen-bond donors (Lipinski definition) is 2. The summed E-state index contributed by atoms with van der Waals surface area (Å²) < 4.78 is 14.3. The SMILES string of the molecule is CCNC(Cc1cnccc1N)c1cccc(C)c1F. The van der Waals surface area contributed by atoms with Gasteiger partial charge in [0.15, 0.2) is 0 Å². The monoisotopic (exact) mass is 273 g/mol. The van der Waals surface area contributed by atoms with E-state index in [4.69, 9.17) is 5.73 Å². The highest BCUT2D eigenvalue weighted by molar-refractivity contribution is 5.45. The maximum absolute atomic E-state index is 14.3. The van der Waals surface area contributed by atoms with Crippen molar-refractivity contribution in [1.29, 1.82) is 0 Å². The van der Waals surface area contributed by atoms with Crippen LogP contribution >= 0.6 is 0 Å². The Balaban J connectivity index is 2.32. The standard InChI is InChI=1S/C16H20FN3/c1-3-20-15(9-12-10-19-8-7-14(12)18)13-6-4-5-11(2)16(13)17/h4-8,10,15,20H,3,9H2,1-2H3,(H2,18,19). The average Bonchev–Trinajstić information content (AvgIpc) is 2.44. The summed E-state index contributed by atoms with van der Waals surface area (Å²) >= 11 is 0. The Morgan fingerprint density at radius 1 is 1.35 bits per heavy atom. The minimum absolute atomic E-state index is 0.105. The summed E-state index contributed by atoms with van der Waals surface area (Å²) in [5, 5.41) is 3.32. The fourth-order valence-corrected chi connectivity index (χ4v) is 2.31. The van der Waals surface area contributed by atoms with Gasteiger partial charge in [0.2, 0.25) is 0 Å². The Labute approximate surface area is 119 Å². The molecule has 1 unspecified atom stereocenters. The molecule has 1 aromatic heterocycles. The van der Waals surface area contributed by atoms with E-state index in [1.54, 1.807) is 31.5 Å². The molecule has 0 aliphatic heterocycles. The zero-order valence-electron chi connectivity index (χ0n) is 11.9. The molecule has 0 amide bonds. The number of aryl methyl sites for hydroxylation is 1. The molecule has 4 heteroatoms. The second-order valence-corrected chi connectivity index (χ2v) is 4.87. The number of rotatable bonds is 5. The van der Waals surface area contributed by atoms with E-state index in [0.29, 0.717) is 23.2 Å². The Morgan fingerprint density at radius 3 is 2.85 bits per heavy atom. The molecule has 0 aliphatic carbocycles. The highest BCUT2D eigenvalue weighted by Gasteiger charge is 2.17. The molecule has 1 aromatic carbocycles. The van der Waals surface area contributed by atoms with Crippen molar-refractivity contribution in [2.75, 3.05) is 12.3 Å². The number of nitrogens with zero attached hydrogens (tertiary/aromatic N) is 1. The van der Waals surface area contributed by atoms with Gasteiger partial charge in [-0.2, -0.15) is 0 Å². The lowest BCUT2D eigenvalue weighted by Crippen LogP contribution is -2.24. The summed E-state index contributed by atoms with van der Waals surface area (Å²) in [6.45, 7) is 4.55. The molecule has 1 heterocycles. The largest absolute Gasteiger partial charge is 0.398 e. The first-order chi connectivity index (χ1) is 9.63. The van der Waals surface area contributed by atoms with Crippen LogP contribution in [-0.4, -0.2) is 11.5 Å². The number of likely N-dealkylation sites (N-methyl/N-ethyl adjacent to an activating group) is 1. The molecule has 0 aliphatic rings. The van der Waals surface area contributed by atoms with Gasteiger partial charge in [-0.1, -0.05) is 25.1 Å². The van der Waals surface area contributed by atoms with Crippen molar-refractivity contribution in [1.82, 2.24) is 10.3 Å². The summed E-state index contributed by atoms with van der Waals surface area (Å²) in [5.74, 6) is -0.152. The Kier molecular flexibility index (Phi) is 4.69. The number of anilines is 1. The van der Waals surface area contributed by atoms with Gasteiger partial charge in [0.05, 0.1) is 0 Å². The van der Waals surface area contributed by atoms with Crippen LogP contribution in [0.25, 0.3) is 0 Å². The quantitative estimate of drug-likeness (QED) is 0.880.